The molecule has 3 rings (SSSR count). The summed E-state index contributed by atoms with van der Waals surface area (Å²) in [5.74, 6) is 1.30. The van der Waals surface area contributed by atoms with Crippen molar-refractivity contribution in [1.82, 2.24) is 15.1 Å². The Morgan fingerprint density at radius 1 is 0.923 bits per heavy atom. The monoisotopic (exact) mass is 363 g/mol. The van der Waals surface area contributed by atoms with Crippen molar-refractivity contribution in [1.29, 1.82) is 0 Å². The van der Waals surface area contributed by atoms with Gasteiger partial charge in [0.1, 0.15) is 0 Å². The van der Waals surface area contributed by atoms with E-state index in [1.165, 1.54) is 51.4 Å². The lowest BCUT2D eigenvalue weighted by molar-refractivity contribution is -0.138. The summed E-state index contributed by atoms with van der Waals surface area (Å²) in [4.78, 5) is 21.6. The van der Waals surface area contributed by atoms with Gasteiger partial charge in [-0.1, -0.05) is 38.5 Å². The minimum Gasteiger partial charge on any atom is -0.370 e. The highest BCUT2D eigenvalue weighted by Crippen LogP contribution is 2.25. The van der Waals surface area contributed by atoms with E-state index >= 15 is 0 Å². The molecule has 6 heteroatoms. The number of nitrogens with one attached hydrogen (secondary N) is 1. The average Bonchev–Trinajstić information content (AvgIpc) is 2.69. The van der Waals surface area contributed by atoms with Crippen molar-refractivity contribution in [3.05, 3.63) is 0 Å². The molecule has 3 aliphatic rings. The number of rotatable bonds is 5. The summed E-state index contributed by atoms with van der Waals surface area (Å²) in [6.45, 7) is 5.33. The summed E-state index contributed by atoms with van der Waals surface area (Å²) in [6, 6.07) is 0.516. The third-order valence-electron chi connectivity index (χ3n) is 6.29. The molecule has 0 atom stereocenters. The van der Waals surface area contributed by atoms with Crippen LogP contribution in [0.25, 0.3) is 0 Å². The van der Waals surface area contributed by atoms with Gasteiger partial charge in [0, 0.05) is 44.7 Å². The molecule has 148 valence electrons. The number of aliphatic imine (C=N–C) groups is 1. The van der Waals surface area contributed by atoms with Crippen LogP contribution in [0.2, 0.25) is 0 Å². The summed E-state index contributed by atoms with van der Waals surface area (Å²) < 4.78 is 0. The van der Waals surface area contributed by atoms with E-state index in [1.54, 1.807) is 0 Å². The zero-order chi connectivity index (χ0) is 18.2. The maximum Gasteiger partial charge on any atom is 0.225 e. The minimum atomic E-state index is 0.297. The second-order valence-corrected chi connectivity index (χ2v) is 8.25. The van der Waals surface area contributed by atoms with Crippen LogP contribution < -0.4 is 11.1 Å². The molecule has 0 bridgehead atoms. The highest BCUT2D eigenvalue weighted by atomic mass is 16.2. The number of nitrogens with zero attached hydrogens (tertiary/aromatic N) is 3. The Labute approximate surface area is 158 Å². The highest BCUT2D eigenvalue weighted by molar-refractivity contribution is 5.79. The first-order valence-corrected chi connectivity index (χ1v) is 10.8. The lowest BCUT2D eigenvalue weighted by Gasteiger charge is -2.37. The summed E-state index contributed by atoms with van der Waals surface area (Å²) in [6.07, 6.45) is 12.3. The van der Waals surface area contributed by atoms with Gasteiger partial charge in [-0.25, -0.2) is 0 Å². The molecular weight excluding hydrogens is 326 g/mol. The number of carbonyl (C=O) groups excluding carboxylic acids is 1. The van der Waals surface area contributed by atoms with E-state index in [9.17, 15) is 4.79 Å². The summed E-state index contributed by atoms with van der Waals surface area (Å²) in [5.41, 5.74) is 6.03. The van der Waals surface area contributed by atoms with Crippen molar-refractivity contribution >= 4 is 11.9 Å². The van der Waals surface area contributed by atoms with Crippen LogP contribution in [0.1, 0.15) is 64.2 Å². The molecule has 3 fully saturated rings. The van der Waals surface area contributed by atoms with Gasteiger partial charge in [-0.2, -0.15) is 0 Å². The van der Waals surface area contributed by atoms with E-state index in [2.05, 4.69) is 20.1 Å². The fourth-order valence-electron chi connectivity index (χ4n) is 4.61. The molecule has 0 aromatic carbocycles. The van der Waals surface area contributed by atoms with Crippen LogP contribution in [-0.4, -0.2) is 67.0 Å². The van der Waals surface area contributed by atoms with Gasteiger partial charge in [0.25, 0.3) is 0 Å². The van der Waals surface area contributed by atoms with E-state index in [0.717, 1.165) is 52.1 Å². The van der Waals surface area contributed by atoms with Gasteiger partial charge in [0.05, 0.1) is 6.54 Å². The molecule has 2 saturated carbocycles. The Morgan fingerprint density at radius 2 is 1.54 bits per heavy atom. The molecule has 1 saturated heterocycles. The van der Waals surface area contributed by atoms with Gasteiger partial charge in [-0.3, -0.25) is 14.7 Å². The van der Waals surface area contributed by atoms with Crippen molar-refractivity contribution in [3.8, 4) is 0 Å². The Bertz CT molecular complexity index is 461. The van der Waals surface area contributed by atoms with Gasteiger partial charge in [-0.15, -0.1) is 0 Å². The van der Waals surface area contributed by atoms with Crippen LogP contribution >= 0.6 is 0 Å². The molecular formula is C20H37N5O. The normalized spacial score (nSPS) is 24.6. The lowest BCUT2D eigenvalue weighted by atomic mass is 9.88. The van der Waals surface area contributed by atoms with Crippen LogP contribution in [-0.2, 0) is 4.79 Å². The van der Waals surface area contributed by atoms with E-state index < -0.39 is 0 Å². The molecule has 0 spiro atoms. The largest absolute Gasteiger partial charge is 0.370 e. The SMILES string of the molecule is NC(=NCCN1CCN(C(=O)C2CCCCC2)CC1)NC1CCCCC1. The van der Waals surface area contributed by atoms with Crippen molar-refractivity contribution < 1.29 is 4.79 Å². The smallest absolute Gasteiger partial charge is 0.225 e. The maximum atomic E-state index is 12.6. The zero-order valence-corrected chi connectivity index (χ0v) is 16.3. The first-order chi connectivity index (χ1) is 12.7. The number of hydrogen-bond acceptors (Lipinski definition) is 3. The van der Waals surface area contributed by atoms with Crippen molar-refractivity contribution in [2.75, 3.05) is 39.3 Å². The molecule has 6 nitrogen and oxygen atoms in total. The summed E-state index contributed by atoms with van der Waals surface area (Å²) in [7, 11) is 0. The zero-order valence-electron chi connectivity index (χ0n) is 16.3. The lowest BCUT2D eigenvalue weighted by Crippen LogP contribution is -2.51. The number of guanidine groups is 1. The Balaban J connectivity index is 1.32. The van der Waals surface area contributed by atoms with E-state index in [1.807, 2.05) is 0 Å². The average molecular weight is 364 g/mol. The number of carbonyl (C=O) groups is 1. The molecule has 0 radical (unpaired) electrons. The fourth-order valence-corrected chi connectivity index (χ4v) is 4.61. The van der Waals surface area contributed by atoms with Crippen LogP contribution in [0.5, 0.6) is 0 Å². The third kappa shape index (κ3) is 5.86. The van der Waals surface area contributed by atoms with E-state index in [4.69, 9.17) is 5.73 Å². The number of piperazine rings is 1. The summed E-state index contributed by atoms with van der Waals surface area (Å²) >= 11 is 0. The molecule has 0 unspecified atom stereocenters. The standard InChI is InChI=1S/C20H37N5O/c21-20(23-18-9-5-2-6-10-18)22-11-12-24-13-15-25(16-14-24)19(26)17-7-3-1-4-8-17/h17-18H,1-16H2,(H3,21,22,23). The van der Waals surface area contributed by atoms with Gasteiger partial charge in [0.15, 0.2) is 5.96 Å². The summed E-state index contributed by atoms with van der Waals surface area (Å²) in [5, 5.41) is 3.37. The van der Waals surface area contributed by atoms with Crippen molar-refractivity contribution in [2.45, 2.75) is 70.3 Å². The van der Waals surface area contributed by atoms with Gasteiger partial charge >= 0.3 is 0 Å². The second kappa shape index (κ2) is 10.1. The molecule has 2 aliphatic carbocycles. The first-order valence-electron chi connectivity index (χ1n) is 10.8. The Morgan fingerprint density at radius 3 is 2.19 bits per heavy atom. The number of amides is 1. The predicted molar refractivity (Wildman–Crippen MR) is 106 cm³/mol. The molecule has 0 aromatic rings. The Kier molecular flexibility index (Phi) is 7.59. The van der Waals surface area contributed by atoms with Crippen molar-refractivity contribution in [3.63, 3.8) is 0 Å². The van der Waals surface area contributed by atoms with Crippen LogP contribution in [0.15, 0.2) is 4.99 Å². The van der Waals surface area contributed by atoms with Gasteiger partial charge < -0.3 is 16.0 Å². The molecule has 3 N–H and O–H groups in total. The quantitative estimate of drug-likeness (QED) is 0.578. The van der Waals surface area contributed by atoms with Crippen LogP contribution in [0.4, 0.5) is 0 Å². The molecule has 1 amide bonds. The number of hydrogen-bond donors (Lipinski definition) is 2. The maximum absolute atomic E-state index is 12.6. The molecule has 26 heavy (non-hydrogen) atoms. The minimum absolute atomic E-state index is 0.297. The van der Waals surface area contributed by atoms with E-state index in [-0.39, 0.29) is 0 Å². The Hall–Kier alpha value is -1.30. The number of nitrogens with two attached hydrogens (primary N) is 1. The second-order valence-electron chi connectivity index (χ2n) is 8.25. The van der Waals surface area contributed by atoms with Crippen LogP contribution in [0.3, 0.4) is 0 Å². The van der Waals surface area contributed by atoms with Gasteiger partial charge in [-0.05, 0) is 25.7 Å². The highest BCUT2D eigenvalue weighted by Gasteiger charge is 2.28. The fraction of sp³-hybridized carbons (Fsp3) is 0.900. The van der Waals surface area contributed by atoms with Crippen LogP contribution in [0, 0.1) is 5.92 Å². The first kappa shape index (κ1) is 19.5. The van der Waals surface area contributed by atoms with Crippen molar-refractivity contribution in [2.24, 2.45) is 16.6 Å². The molecule has 0 aromatic heterocycles. The third-order valence-corrected chi connectivity index (χ3v) is 6.29. The molecule has 1 aliphatic heterocycles. The van der Waals surface area contributed by atoms with Gasteiger partial charge in [0.2, 0.25) is 5.91 Å². The van der Waals surface area contributed by atoms with E-state index in [0.29, 0.717) is 23.8 Å². The molecule has 1 heterocycles. The topological polar surface area (TPSA) is 74.0 Å². The predicted octanol–water partition coefficient (Wildman–Crippen LogP) is 1.95.